The summed E-state index contributed by atoms with van der Waals surface area (Å²) in [5.41, 5.74) is 2.01. The molecule has 0 spiro atoms. The number of amides is 1. The molecule has 0 aromatic rings. The van der Waals surface area contributed by atoms with Crippen molar-refractivity contribution in [1.29, 1.82) is 0 Å². The molecule has 0 saturated heterocycles. The summed E-state index contributed by atoms with van der Waals surface area (Å²) in [5, 5.41) is 0. The summed E-state index contributed by atoms with van der Waals surface area (Å²) in [6.07, 6.45) is 0. The van der Waals surface area contributed by atoms with Gasteiger partial charge in [-0.2, -0.15) is 0 Å². The molecular weight excluding hydrogens is 234 g/mol. The average molecular weight is 255 g/mol. The topological polar surface area (TPSA) is 46.6 Å². The van der Waals surface area contributed by atoms with Gasteiger partial charge in [0.2, 0.25) is 5.91 Å². The second-order valence-electron chi connectivity index (χ2n) is 5.70. The van der Waals surface area contributed by atoms with E-state index in [0.29, 0.717) is 6.54 Å². The third-order valence-corrected chi connectivity index (χ3v) is 4.30. The van der Waals surface area contributed by atoms with Crippen LogP contribution in [0.4, 0.5) is 0 Å². The third-order valence-electron chi connectivity index (χ3n) is 2.81. The number of carbonyl (C=O) groups is 2. The largest absolute Gasteiger partial charge is 0.468 e. The van der Waals surface area contributed by atoms with Crippen LogP contribution < -0.4 is 0 Å². The first kappa shape index (κ1) is 14.0. The van der Waals surface area contributed by atoms with Gasteiger partial charge in [0.25, 0.3) is 0 Å². The maximum absolute atomic E-state index is 11.9. The van der Waals surface area contributed by atoms with Gasteiger partial charge in [0, 0.05) is 20.2 Å². The molecular formula is C12H21NO3Si. The Hall–Kier alpha value is -1.10. The van der Waals surface area contributed by atoms with Crippen LogP contribution in [0.1, 0.15) is 6.92 Å². The standard InChI is InChI=1S/C12H21NO3Si/c1-9-10(8-17(3,4)5)6-13(12(9)15)7-11(14)16-2/h6-8H2,1-5H3. The molecule has 96 valence electrons. The molecule has 0 fully saturated rings. The predicted molar refractivity (Wildman–Crippen MR) is 69.4 cm³/mol. The zero-order valence-electron chi connectivity index (χ0n) is 11.3. The molecule has 1 amide bonds. The van der Waals surface area contributed by atoms with E-state index < -0.39 is 8.07 Å². The number of rotatable bonds is 4. The first-order valence-corrected chi connectivity index (χ1v) is 9.50. The van der Waals surface area contributed by atoms with Crippen LogP contribution in [0.25, 0.3) is 0 Å². The first-order chi connectivity index (χ1) is 7.74. The van der Waals surface area contributed by atoms with E-state index >= 15 is 0 Å². The smallest absolute Gasteiger partial charge is 0.325 e. The fourth-order valence-corrected chi connectivity index (χ4v) is 3.64. The van der Waals surface area contributed by atoms with Gasteiger partial charge in [-0.15, -0.1) is 0 Å². The van der Waals surface area contributed by atoms with Gasteiger partial charge >= 0.3 is 5.97 Å². The van der Waals surface area contributed by atoms with Crippen molar-refractivity contribution in [2.45, 2.75) is 32.6 Å². The minimum absolute atomic E-state index is 0.0244. The van der Waals surface area contributed by atoms with Gasteiger partial charge in [-0.1, -0.05) is 19.6 Å². The second kappa shape index (κ2) is 5.04. The number of hydrogen-bond donors (Lipinski definition) is 0. The molecule has 1 heterocycles. The normalized spacial score (nSPS) is 16.8. The van der Waals surface area contributed by atoms with E-state index in [1.807, 2.05) is 6.92 Å². The van der Waals surface area contributed by atoms with Crippen LogP contribution in [-0.2, 0) is 14.3 Å². The summed E-state index contributed by atoms with van der Waals surface area (Å²) >= 11 is 0. The van der Waals surface area contributed by atoms with Gasteiger partial charge in [-0.25, -0.2) is 0 Å². The molecule has 0 saturated carbocycles. The van der Waals surface area contributed by atoms with Gasteiger partial charge < -0.3 is 9.64 Å². The van der Waals surface area contributed by atoms with Gasteiger partial charge in [0.05, 0.1) is 7.11 Å². The third kappa shape index (κ3) is 3.69. The number of methoxy groups -OCH3 is 1. The van der Waals surface area contributed by atoms with E-state index in [4.69, 9.17) is 0 Å². The van der Waals surface area contributed by atoms with Crippen molar-refractivity contribution in [2.24, 2.45) is 0 Å². The minimum Gasteiger partial charge on any atom is -0.468 e. The monoisotopic (exact) mass is 255 g/mol. The van der Waals surface area contributed by atoms with Crippen molar-refractivity contribution in [3.8, 4) is 0 Å². The molecule has 1 aliphatic heterocycles. The van der Waals surface area contributed by atoms with Crippen molar-refractivity contribution in [3.63, 3.8) is 0 Å². The maximum atomic E-state index is 11.9. The zero-order chi connectivity index (χ0) is 13.2. The van der Waals surface area contributed by atoms with E-state index in [1.165, 1.54) is 12.7 Å². The molecule has 5 heteroatoms. The van der Waals surface area contributed by atoms with E-state index in [-0.39, 0.29) is 18.4 Å². The molecule has 0 N–H and O–H groups in total. The van der Waals surface area contributed by atoms with E-state index in [9.17, 15) is 9.59 Å². The highest BCUT2D eigenvalue weighted by Crippen LogP contribution is 2.26. The molecule has 17 heavy (non-hydrogen) atoms. The summed E-state index contributed by atoms with van der Waals surface area (Å²) in [7, 11) is 0.115. The van der Waals surface area contributed by atoms with Crippen molar-refractivity contribution in [2.75, 3.05) is 20.2 Å². The quantitative estimate of drug-likeness (QED) is 0.567. The van der Waals surface area contributed by atoms with Crippen LogP contribution in [-0.4, -0.2) is 45.0 Å². The molecule has 0 aromatic heterocycles. The van der Waals surface area contributed by atoms with Crippen molar-refractivity contribution < 1.29 is 14.3 Å². The molecule has 0 bridgehead atoms. The Morgan fingerprint density at radius 3 is 2.47 bits per heavy atom. The minimum atomic E-state index is -1.22. The molecule has 0 radical (unpaired) electrons. The van der Waals surface area contributed by atoms with Crippen LogP contribution in [0, 0.1) is 0 Å². The summed E-state index contributed by atoms with van der Waals surface area (Å²) in [6.45, 7) is 9.34. The van der Waals surface area contributed by atoms with Gasteiger partial charge in [-0.05, 0) is 18.5 Å². The van der Waals surface area contributed by atoms with Gasteiger partial charge in [0.15, 0.2) is 0 Å². The van der Waals surface area contributed by atoms with E-state index in [2.05, 4.69) is 24.4 Å². The number of hydrogen-bond acceptors (Lipinski definition) is 3. The number of ether oxygens (including phenoxy) is 1. The summed E-state index contributed by atoms with van der Waals surface area (Å²) < 4.78 is 4.59. The molecule has 0 atom stereocenters. The van der Waals surface area contributed by atoms with E-state index in [0.717, 1.165) is 11.6 Å². The summed E-state index contributed by atoms with van der Waals surface area (Å²) in [6, 6.07) is 1.02. The Morgan fingerprint density at radius 2 is 2.00 bits per heavy atom. The zero-order valence-corrected chi connectivity index (χ0v) is 12.3. The highest BCUT2D eigenvalue weighted by Gasteiger charge is 2.31. The Bertz CT molecular complexity index is 368. The maximum Gasteiger partial charge on any atom is 0.325 e. The lowest BCUT2D eigenvalue weighted by molar-refractivity contribution is -0.145. The molecule has 1 rings (SSSR count). The second-order valence-corrected chi connectivity index (χ2v) is 11.2. The highest BCUT2D eigenvalue weighted by molar-refractivity contribution is 6.76. The average Bonchev–Trinajstić information content (AvgIpc) is 2.44. The lowest BCUT2D eigenvalue weighted by Gasteiger charge is -2.18. The lowest BCUT2D eigenvalue weighted by atomic mass is 10.2. The van der Waals surface area contributed by atoms with Crippen LogP contribution in [0.2, 0.25) is 25.7 Å². The lowest BCUT2D eigenvalue weighted by Crippen LogP contribution is -2.33. The highest BCUT2D eigenvalue weighted by atomic mass is 28.3. The number of carbonyl (C=O) groups excluding carboxylic acids is 2. The molecule has 0 aliphatic carbocycles. The number of nitrogens with zero attached hydrogens (tertiary/aromatic N) is 1. The molecule has 1 aliphatic rings. The summed E-state index contributed by atoms with van der Waals surface area (Å²) in [4.78, 5) is 24.7. The van der Waals surface area contributed by atoms with Crippen molar-refractivity contribution in [3.05, 3.63) is 11.1 Å². The summed E-state index contributed by atoms with van der Waals surface area (Å²) in [5.74, 6) is -0.385. The SMILES string of the molecule is COC(=O)CN1CC(C[Si](C)(C)C)=C(C)C1=O. The Balaban J connectivity index is 2.71. The Morgan fingerprint density at radius 1 is 1.41 bits per heavy atom. The van der Waals surface area contributed by atoms with Crippen molar-refractivity contribution in [1.82, 2.24) is 4.90 Å². The van der Waals surface area contributed by atoms with Crippen LogP contribution in [0.3, 0.4) is 0 Å². The van der Waals surface area contributed by atoms with Crippen molar-refractivity contribution >= 4 is 20.0 Å². The first-order valence-electron chi connectivity index (χ1n) is 5.79. The molecule has 4 nitrogen and oxygen atoms in total. The fourth-order valence-electron chi connectivity index (χ4n) is 1.99. The molecule has 0 unspecified atom stereocenters. The Kier molecular flexibility index (Phi) is 4.14. The predicted octanol–water partition coefficient (Wildman–Crippen LogP) is 1.66. The fraction of sp³-hybridized carbons (Fsp3) is 0.667. The Labute approximate surface area is 104 Å². The van der Waals surface area contributed by atoms with Gasteiger partial charge in [0.1, 0.15) is 6.54 Å². The van der Waals surface area contributed by atoms with Gasteiger partial charge in [-0.3, -0.25) is 9.59 Å². The van der Waals surface area contributed by atoms with Crippen LogP contribution in [0.5, 0.6) is 0 Å². The van der Waals surface area contributed by atoms with E-state index in [1.54, 1.807) is 4.90 Å². The van der Waals surface area contributed by atoms with Crippen LogP contribution >= 0.6 is 0 Å². The van der Waals surface area contributed by atoms with Crippen LogP contribution in [0.15, 0.2) is 11.1 Å². The molecule has 0 aromatic carbocycles. The number of esters is 1.